The van der Waals surface area contributed by atoms with E-state index in [0.29, 0.717) is 24.6 Å². The number of amides is 3. The predicted octanol–water partition coefficient (Wildman–Crippen LogP) is 5.80. The third kappa shape index (κ3) is 9.16. The van der Waals surface area contributed by atoms with Gasteiger partial charge in [0, 0.05) is 38.5 Å². The number of imidazole rings is 2. The second-order valence-corrected chi connectivity index (χ2v) is 14.5. The molecule has 5 atom stereocenters. The van der Waals surface area contributed by atoms with Crippen molar-refractivity contribution in [2.75, 3.05) is 33.9 Å². The van der Waals surface area contributed by atoms with Crippen LogP contribution in [0.25, 0.3) is 33.6 Å². The Bertz CT molecular complexity index is 2120. The van der Waals surface area contributed by atoms with E-state index in [2.05, 4.69) is 78.7 Å². The van der Waals surface area contributed by atoms with Crippen molar-refractivity contribution in [3.63, 3.8) is 0 Å². The molecule has 57 heavy (non-hydrogen) atoms. The lowest BCUT2D eigenvalue weighted by Gasteiger charge is -2.31. The van der Waals surface area contributed by atoms with Crippen LogP contribution in [-0.2, 0) is 25.4 Å². The Morgan fingerprint density at radius 1 is 0.825 bits per heavy atom. The fourth-order valence-electron chi connectivity index (χ4n) is 7.81. The van der Waals surface area contributed by atoms with Crippen molar-refractivity contribution in [2.24, 2.45) is 5.73 Å². The summed E-state index contributed by atoms with van der Waals surface area (Å²) in [6, 6.07) is 21.6. The maximum absolute atomic E-state index is 13.7. The highest BCUT2D eigenvalue weighted by Crippen LogP contribution is 2.35. The van der Waals surface area contributed by atoms with Gasteiger partial charge in [0.15, 0.2) is 6.10 Å². The normalized spacial score (nSPS) is 18.5. The third-order valence-corrected chi connectivity index (χ3v) is 11.0. The van der Waals surface area contributed by atoms with E-state index < -0.39 is 18.3 Å². The van der Waals surface area contributed by atoms with Crippen LogP contribution in [0.15, 0.2) is 85.3 Å². The van der Waals surface area contributed by atoms with Crippen molar-refractivity contribution in [2.45, 2.75) is 69.4 Å². The van der Waals surface area contributed by atoms with Gasteiger partial charge in [-0.05, 0) is 73.5 Å². The van der Waals surface area contributed by atoms with Gasteiger partial charge in [-0.2, -0.15) is 0 Å². The average molecular weight is 776 g/mol. The number of primary amides is 1. The summed E-state index contributed by atoms with van der Waals surface area (Å²) in [5.74, 6) is 1.26. The number of rotatable bonds is 14. The molecule has 0 saturated carbocycles. The molecule has 15 nitrogen and oxygen atoms in total. The van der Waals surface area contributed by atoms with Crippen LogP contribution in [0, 0.1) is 0 Å². The number of hydrogen-bond acceptors (Lipinski definition) is 10. The first kappa shape index (κ1) is 39.2. The molecular formula is C42H49N9O6. The van der Waals surface area contributed by atoms with Gasteiger partial charge in [-0.1, -0.05) is 54.6 Å². The van der Waals surface area contributed by atoms with Gasteiger partial charge in [0.1, 0.15) is 11.6 Å². The second-order valence-electron chi connectivity index (χ2n) is 14.5. The van der Waals surface area contributed by atoms with Crippen LogP contribution in [0.1, 0.15) is 62.0 Å². The van der Waals surface area contributed by atoms with Gasteiger partial charge in [-0.3, -0.25) is 14.7 Å². The molecule has 2 aliphatic heterocycles. The Kier molecular flexibility index (Phi) is 12.2. The summed E-state index contributed by atoms with van der Waals surface area (Å²) in [6.45, 7) is 3.97. The maximum Gasteiger partial charge on any atom is 0.407 e. The van der Waals surface area contributed by atoms with E-state index in [1.807, 2.05) is 19.2 Å². The molecule has 5 N–H and O–H groups in total. The number of carbonyl (C=O) groups excluding carboxylic acids is 3. The Morgan fingerprint density at radius 2 is 1.42 bits per heavy atom. The first-order valence-electron chi connectivity index (χ1n) is 19.3. The molecule has 2 aromatic carbocycles. The van der Waals surface area contributed by atoms with Gasteiger partial charge in [0.05, 0.1) is 55.1 Å². The van der Waals surface area contributed by atoms with E-state index in [1.54, 1.807) is 36.5 Å². The summed E-state index contributed by atoms with van der Waals surface area (Å²) in [7, 11) is 3.00. The maximum atomic E-state index is 13.7. The Morgan fingerprint density at radius 3 is 2.00 bits per heavy atom. The van der Waals surface area contributed by atoms with Crippen LogP contribution in [-0.4, -0.2) is 105 Å². The van der Waals surface area contributed by atoms with E-state index >= 15 is 0 Å². The van der Waals surface area contributed by atoms with E-state index in [9.17, 15) is 14.4 Å². The van der Waals surface area contributed by atoms with Gasteiger partial charge in [-0.15, -0.1) is 0 Å². The number of nitrogens with two attached hydrogens (primary N) is 1. The van der Waals surface area contributed by atoms with Crippen LogP contribution >= 0.6 is 0 Å². The molecule has 5 heterocycles. The number of benzene rings is 2. The quantitative estimate of drug-likeness (QED) is 0.107. The summed E-state index contributed by atoms with van der Waals surface area (Å²) < 4.78 is 15.7. The largest absolute Gasteiger partial charge is 0.453 e. The minimum absolute atomic E-state index is 0.103. The first-order chi connectivity index (χ1) is 27.7. The highest BCUT2D eigenvalue weighted by atomic mass is 16.6. The van der Waals surface area contributed by atoms with Crippen LogP contribution in [0.5, 0.6) is 0 Å². The summed E-state index contributed by atoms with van der Waals surface area (Å²) in [6.07, 6.45) is 6.20. The van der Waals surface area contributed by atoms with Crippen LogP contribution < -0.4 is 11.1 Å². The Labute approximate surface area is 331 Å². The first-order valence-corrected chi connectivity index (χ1v) is 19.3. The number of likely N-dealkylation sites (tertiary alicyclic amines) is 2. The Hall–Kier alpha value is -6.06. The molecule has 3 aromatic heterocycles. The monoisotopic (exact) mass is 775 g/mol. The highest BCUT2D eigenvalue weighted by Gasteiger charge is 2.37. The predicted molar refractivity (Wildman–Crippen MR) is 212 cm³/mol. The van der Waals surface area contributed by atoms with Crippen molar-refractivity contribution >= 4 is 18.1 Å². The van der Waals surface area contributed by atoms with Gasteiger partial charge < -0.3 is 40.1 Å². The molecule has 0 radical (unpaired) electrons. The van der Waals surface area contributed by atoms with E-state index in [-0.39, 0.29) is 36.6 Å². The molecule has 3 amide bonds. The van der Waals surface area contributed by atoms with Crippen molar-refractivity contribution in [3.05, 3.63) is 103 Å². The van der Waals surface area contributed by atoms with Gasteiger partial charge in [0.25, 0.3) is 5.91 Å². The molecule has 298 valence electrons. The minimum Gasteiger partial charge on any atom is -0.453 e. The van der Waals surface area contributed by atoms with Gasteiger partial charge >= 0.3 is 12.2 Å². The van der Waals surface area contributed by atoms with Gasteiger partial charge in [-0.25, -0.2) is 19.6 Å². The summed E-state index contributed by atoms with van der Waals surface area (Å²) >= 11 is 0. The number of pyridine rings is 1. The lowest BCUT2D eigenvalue weighted by atomic mass is 10.0. The zero-order valence-electron chi connectivity index (χ0n) is 32.4. The van der Waals surface area contributed by atoms with Crippen molar-refractivity contribution < 1.29 is 28.6 Å². The fourth-order valence-corrected chi connectivity index (χ4v) is 7.81. The molecule has 0 aliphatic carbocycles. The third-order valence-electron chi connectivity index (χ3n) is 11.0. The minimum atomic E-state index is -1.08. The molecule has 0 spiro atoms. The van der Waals surface area contributed by atoms with E-state index in [0.717, 1.165) is 71.7 Å². The summed E-state index contributed by atoms with van der Waals surface area (Å²) in [5, 5.41) is 2.92. The molecule has 2 fully saturated rings. The van der Waals surface area contributed by atoms with Crippen molar-refractivity contribution in [1.29, 1.82) is 0 Å². The number of hydrogen-bond donors (Lipinski definition) is 4. The summed E-state index contributed by atoms with van der Waals surface area (Å²) in [4.78, 5) is 62.2. The highest BCUT2D eigenvalue weighted by molar-refractivity contribution is 5.84. The summed E-state index contributed by atoms with van der Waals surface area (Å²) in [5.41, 5.74) is 11.9. The Balaban J connectivity index is 0.989. The van der Waals surface area contributed by atoms with Crippen LogP contribution in [0.4, 0.5) is 9.59 Å². The molecule has 5 aromatic rings. The molecule has 15 heteroatoms. The van der Waals surface area contributed by atoms with Crippen LogP contribution in [0.2, 0.25) is 0 Å². The number of aromatic nitrogens is 5. The number of nitrogens with zero attached hydrogens (tertiary/aromatic N) is 5. The lowest BCUT2D eigenvalue weighted by Crippen LogP contribution is -2.50. The van der Waals surface area contributed by atoms with E-state index in [4.69, 9.17) is 24.9 Å². The van der Waals surface area contributed by atoms with Gasteiger partial charge in [0.2, 0.25) is 0 Å². The number of alkyl carbamates (subject to hydrolysis) is 1. The molecule has 2 aliphatic rings. The molecule has 7 rings (SSSR count). The number of aromatic amines is 2. The number of nitrogens with one attached hydrogen (secondary N) is 3. The molecule has 0 unspecified atom stereocenters. The van der Waals surface area contributed by atoms with E-state index in [1.165, 1.54) is 7.11 Å². The molecular weight excluding hydrogens is 727 g/mol. The number of methoxy groups -OCH3 is 2. The number of ether oxygens (including phenoxy) is 3. The standard InChI is InChI=1S/C42H49N9O6/c1-26(55-2)34(49-42(54)56-3)25-50-20-6-9-35(50)38-45-23-32(47-38)29-15-11-27(12-16-29)28-13-17-30(18-14-28)33-24-46-39(48-33)36-10-7-21-51(36)40(52)37(57-41(43)53)22-31-8-4-5-19-44-31/h4-5,8,11-19,23-24,26,34-37H,6-7,9-10,20-22,25H2,1-3H3,(H2,43,53)(H,45,47)(H,46,48)(H,49,54)/t26-,34+,35+,36+,37+/m1/s1. The second kappa shape index (κ2) is 17.8. The molecule has 2 saturated heterocycles. The lowest BCUT2D eigenvalue weighted by molar-refractivity contribution is -0.141. The van der Waals surface area contributed by atoms with Crippen LogP contribution in [0.3, 0.4) is 0 Å². The fraction of sp³-hybridized carbons (Fsp3) is 0.381. The number of carbonyl (C=O) groups is 3. The SMILES string of the molecule is COC(=O)N[C@@H](CN1CCC[C@H]1c1ncc(-c2ccc(-c3ccc(-c4cnc([C@@H]5CCCN5C(=O)[C@H](Cc5ccccn5)OC(N)=O)[nH]4)cc3)cc2)[nH]1)[C@@H](C)OC. The smallest absolute Gasteiger partial charge is 0.407 e. The zero-order chi connectivity index (χ0) is 39.9. The average Bonchev–Trinajstić information content (AvgIpc) is 4.08. The van der Waals surface area contributed by atoms with Crippen molar-refractivity contribution in [1.82, 2.24) is 40.0 Å². The molecule has 0 bridgehead atoms. The van der Waals surface area contributed by atoms with Crippen molar-refractivity contribution in [3.8, 4) is 33.6 Å². The zero-order valence-corrected chi connectivity index (χ0v) is 32.4. The number of H-pyrrole nitrogens is 2. The topological polar surface area (TPSA) is 194 Å².